The fraction of sp³-hybridized carbons (Fsp3) is 0.917. The summed E-state index contributed by atoms with van der Waals surface area (Å²) in [7, 11) is -3.04. The molecule has 0 aliphatic heterocycles. The Balaban J connectivity index is 2.59. The maximum Gasteiger partial charge on any atom is 0.237 e. The van der Waals surface area contributed by atoms with E-state index in [1.807, 2.05) is 13.8 Å². The molecule has 1 saturated carbocycles. The highest BCUT2D eigenvalue weighted by Crippen LogP contribution is 2.25. The van der Waals surface area contributed by atoms with E-state index in [4.69, 9.17) is 0 Å². The van der Waals surface area contributed by atoms with Crippen LogP contribution in [0.3, 0.4) is 0 Å². The van der Waals surface area contributed by atoms with Crippen LogP contribution >= 0.6 is 0 Å². The lowest BCUT2D eigenvalue weighted by atomic mass is 10.2. The van der Waals surface area contributed by atoms with Gasteiger partial charge >= 0.3 is 0 Å². The van der Waals surface area contributed by atoms with Crippen molar-refractivity contribution in [1.29, 1.82) is 0 Å². The van der Waals surface area contributed by atoms with Crippen LogP contribution in [0.15, 0.2) is 0 Å². The average molecular weight is 276 g/mol. The van der Waals surface area contributed by atoms with E-state index in [1.165, 1.54) is 6.26 Å². The summed E-state index contributed by atoms with van der Waals surface area (Å²) in [4.78, 5) is 11.8. The Kier molecular flexibility index (Phi) is 5.16. The number of carbonyl (C=O) groups excluding carboxylic acids is 1. The molecule has 2 N–H and O–H groups in total. The molecular formula is C12H24N2O3S. The van der Waals surface area contributed by atoms with Gasteiger partial charge in [0.25, 0.3) is 0 Å². The van der Waals surface area contributed by atoms with Crippen molar-refractivity contribution < 1.29 is 13.2 Å². The van der Waals surface area contributed by atoms with Gasteiger partial charge in [-0.3, -0.25) is 4.79 Å². The van der Waals surface area contributed by atoms with Gasteiger partial charge in [-0.05, 0) is 33.6 Å². The smallest absolute Gasteiger partial charge is 0.237 e. The van der Waals surface area contributed by atoms with E-state index < -0.39 is 9.84 Å². The predicted octanol–water partition coefficient (Wildman–Crippen LogP) is 0.455. The largest absolute Gasteiger partial charge is 0.353 e. The molecule has 0 spiro atoms. The van der Waals surface area contributed by atoms with Crippen LogP contribution in [0.2, 0.25) is 0 Å². The van der Waals surface area contributed by atoms with Gasteiger partial charge in [-0.2, -0.15) is 0 Å². The molecule has 5 nitrogen and oxygen atoms in total. The number of sulfone groups is 1. The zero-order chi connectivity index (χ0) is 13.9. The third-order valence-electron chi connectivity index (χ3n) is 3.29. The molecule has 0 saturated heterocycles. The number of carbonyl (C=O) groups is 1. The van der Waals surface area contributed by atoms with Crippen LogP contribution in [0.4, 0.5) is 0 Å². The quantitative estimate of drug-likeness (QED) is 0.765. The molecule has 0 aromatic carbocycles. The number of hydrogen-bond acceptors (Lipinski definition) is 4. The van der Waals surface area contributed by atoms with E-state index in [0.29, 0.717) is 6.42 Å². The van der Waals surface area contributed by atoms with Gasteiger partial charge in [0.1, 0.15) is 0 Å². The SMILES string of the molecule is CC(C)NC(=O)C(C)NC1CCCC1S(C)(=O)=O. The topological polar surface area (TPSA) is 75.3 Å². The fourth-order valence-electron chi connectivity index (χ4n) is 2.44. The zero-order valence-corrected chi connectivity index (χ0v) is 12.4. The van der Waals surface area contributed by atoms with Gasteiger partial charge in [-0.15, -0.1) is 0 Å². The number of amides is 1. The fourth-order valence-corrected chi connectivity index (χ4v) is 3.84. The molecule has 106 valence electrons. The summed E-state index contributed by atoms with van der Waals surface area (Å²) < 4.78 is 23.3. The lowest BCUT2D eigenvalue weighted by Crippen LogP contribution is -2.51. The van der Waals surface area contributed by atoms with Crippen molar-refractivity contribution in [2.45, 2.75) is 63.4 Å². The van der Waals surface area contributed by atoms with Crippen LogP contribution in [0, 0.1) is 0 Å². The summed E-state index contributed by atoms with van der Waals surface area (Å²) >= 11 is 0. The van der Waals surface area contributed by atoms with Gasteiger partial charge < -0.3 is 10.6 Å². The second kappa shape index (κ2) is 6.02. The van der Waals surface area contributed by atoms with Gasteiger partial charge in [0.2, 0.25) is 5.91 Å². The summed E-state index contributed by atoms with van der Waals surface area (Å²) in [5.74, 6) is -0.0795. The summed E-state index contributed by atoms with van der Waals surface area (Å²) in [6.45, 7) is 5.58. The molecule has 6 heteroatoms. The molecule has 0 aromatic heterocycles. The number of hydrogen-bond donors (Lipinski definition) is 2. The molecule has 1 fully saturated rings. The van der Waals surface area contributed by atoms with E-state index in [0.717, 1.165) is 12.8 Å². The molecule has 1 aliphatic carbocycles. The third kappa shape index (κ3) is 4.24. The van der Waals surface area contributed by atoms with Gasteiger partial charge in [0.15, 0.2) is 9.84 Å². The van der Waals surface area contributed by atoms with Crippen LogP contribution in [-0.4, -0.2) is 44.0 Å². The summed E-state index contributed by atoms with van der Waals surface area (Å²) in [5, 5.41) is 5.61. The molecule has 0 radical (unpaired) electrons. The predicted molar refractivity (Wildman–Crippen MR) is 72.1 cm³/mol. The van der Waals surface area contributed by atoms with Crippen molar-refractivity contribution in [3.63, 3.8) is 0 Å². The Bertz CT molecular complexity index is 392. The highest BCUT2D eigenvalue weighted by molar-refractivity contribution is 7.91. The summed E-state index contributed by atoms with van der Waals surface area (Å²) in [6, 6.07) is -0.372. The third-order valence-corrected chi connectivity index (χ3v) is 4.95. The van der Waals surface area contributed by atoms with E-state index in [-0.39, 0.29) is 29.3 Å². The monoisotopic (exact) mass is 276 g/mol. The average Bonchev–Trinajstić information content (AvgIpc) is 2.63. The highest BCUT2D eigenvalue weighted by atomic mass is 32.2. The van der Waals surface area contributed by atoms with Crippen molar-refractivity contribution in [3.05, 3.63) is 0 Å². The first-order valence-electron chi connectivity index (χ1n) is 6.47. The molecule has 1 amide bonds. The molecular weight excluding hydrogens is 252 g/mol. The van der Waals surface area contributed by atoms with E-state index >= 15 is 0 Å². The molecule has 3 unspecified atom stereocenters. The van der Waals surface area contributed by atoms with Crippen molar-refractivity contribution in [2.24, 2.45) is 0 Å². The van der Waals surface area contributed by atoms with Crippen molar-refractivity contribution in [2.75, 3.05) is 6.26 Å². The summed E-state index contributed by atoms with van der Waals surface area (Å²) in [6.07, 6.45) is 3.68. The highest BCUT2D eigenvalue weighted by Gasteiger charge is 2.36. The van der Waals surface area contributed by atoms with E-state index in [2.05, 4.69) is 10.6 Å². The minimum atomic E-state index is -3.04. The normalized spacial score (nSPS) is 26.3. The summed E-state index contributed by atoms with van der Waals surface area (Å²) in [5.41, 5.74) is 0. The van der Waals surface area contributed by atoms with Gasteiger partial charge in [0, 0.05) is 18.3 Å². The van der Waals surface area contributed by atoms with E-state index in [9.17, 15) is 13.2 Å². The molecule has 18 heavy (non-hydrogen) atoms. The Hall–Kier alpha value is -0.620. The Morgan fingerprint density at radius 2 is 1.83 bits per heavy atom. The second-order valence-electron chi connectivity index (χ2n) is 5.46. The van der Waals surface area contributed by atoms with Crippen molar-refractivity contribution in [1.82, 2.24) is 10.6 Å². The first-order valence-corrected chi connectivity index (χ1v) is 8.42. The van der Waals surface area contributed by atoms with Gasteiger partial charge in [-0.1, -0.05) is 6.42 Å². The Morgan fingerprint density at radius 1 is 1.22 bits per heavy atom. The van der Waals surface area contributed by atoms with Crippen LogP contribution < -0.4 is 10.6 Å². The maximum atomic E-state index is 11.8. The van der Waals surface area contributed by atoms with Gasteiger partial charge in [0.05, 0.1) is 11.3 Å². The molecule has 3 atom stereocenters. The lowest BCUT2D eigenvalue weighted by molar-refractivity contribution is -0.123. The minimum Gasteiger partial charge on any atom is -0.353 e. The molecule has 0 heterocycles. The zero-order valence-electron chi connectivity index (χ0n) is 11.6. The van der Waals surface area contributed by atoms with E-state index in [1.54, 1.807) is 6.92 Å². The van der Waals surface area contributed by atoms with Crippen LogP contribution in [0.25, 0.3) is 0 Å². The second-order valence-corrected chi connectivity index (χ2v) is 7.72. The standard InChI is InChI=1S/C12H24N2O3S/c1-8(2)13-12(15)9(3)14-10-6-5-7-11(10)18(4,16)17/h8-11,14H,5-7H2,1-4H3,(H,13,15). The van der Waals surface area contributed by atoms with Crippen LogP contribution in [0.1, 0.15) is 40.0 Å². The lowest BCUT2D eigenvalue weighted by Gasteiger charge is -2.24. The molecule has 0 aromatic rings. The van der Waals surface area contributed by atoms with Gasteiger partial charge in [-0.25, -0.2) is 8.42 Å². The van der Waals surface area contributed by atoms with Crippen molar-refractivity contribution in [3.8, 4) is 0 Å². The minimum absolute atomic E-state index is 0.0795. The van der Waals surface area contributed by atoms with Crippen molar-refractivity contribution >= 4 is 15.7 Å². The molecule has 0 bridgehead atoms. The number of nitrogens with one attached hydrogen (secondary N) is 2. The van der Waals surface area contributed by atoms with Crippen LogP contribution in [-0.2, 0) is 14.6 Å². The molecule has 1 aliphatic rings. The first-order chi connectivity index (χ1) is 8.21. The number of rotatable bonds is 5. The maximum absolute atomic E-state index is 11.8. The Morgan fingerprint density at radius 3 is 2.33 bits per heavy atom. The Labute approximate surface area is 110 Å². The molecule has 1 rings (SSSR count). The first kappa shape index (κ1) is 15.4. The van der Waals surface area contributed by atoms with Crippen LogP contribution in [0.5, 0.6) is 0 Å².